The Bertz CT molecular complexity index is 515. The van der Waals surface area contributed by atoms with Crippen molar-refractivity contribution in [3.8, 4) is 6.07 Å². The highest BCUT2D eigenvalue weighted by Gasteiger charge is 2.27. The third-order valence-corrected chi connectivity index (χ3v) is 4.52. The van der Waals surface area contributed by atoms with Gasteiger partial charge in [-0.05, 0) is 30.5 Å². The highest BCUT2D eigenvalue weighted by atomic mass is 32.2. The first-order valence-corrected chi connectivity index (χ1v) is 6.73. The topological polar surface area (TPSA) is 64.3 Å². The van der Waals surface area contributed by atoms with E-state index in [1.807, 2.05) is 6.07 Å². The van der Waals surface area contributed by atoms with Gasteiger partial charge in [0.05, 0.1) is 10.5 Å². The van der Waals surface area contributed by atoms with Crippen LogP contribution in [-0.2, 0) is 11.0 Å². The second-order valence-corrected chi connectivity index (χ2v) is 5.68. The molecule has 2 unspecified atom stereocenters. The Morgan fingerprint density at radius 2 is 2.39 bits per heavy atom. The zero-order chi connectivity index (χ0) is 13.1. The number of aliphatic hydroxyl groups excluding tert-OH is 1. The van der Waals surface area contributed by atoms with Crippen molar-refractivity contribution < 1.29 is 13.7 Å². The van der Waals surface area contributed by atoms with Crippen molar-refractivity contribution in [2.75, 3.05) is 19.7 Å². The fourth-order valence-corrected chi connectivity index (χ4v) is 3.35. The van der Waals surface area contributed by atoms with E-state index in [-0.39, 0.29) is 18.1 Å². The molecule has 96 valence electrons. The van der Waals surface area contributed by atoms with E-state index >= 15 is 0 Å². The highest BCUT2D eigenvalue weighted by molar-refractivity contribution is 7.82. The molecule has 1 fully saturated rings. The second-order valence-electron chi connectivity index (χ2n) is 4.23. The van der Waals surface area contributed by atoms with Gasteiger partial charge in [0.1, 0.15) is 22.9 Å². The van der Waals surface area contributed by atoms with Gasteiger partial charge in [0.15, 0.2) is 0 Å². The van der Waals surface area contributed by atoms with E-state index in [4.69, 9.17) is 10.4 Å². The van der Waals surface area contributed by atoms with Crippen LogP contribution in [0.5, 0.6) is 0 Å². The van der Waals surface area contributed by atoms with Crippen molar-refractivity contribution in [1.29, 1.82) is 5.26 Å². The summed E-state index contributed by atoms with van der Waals surface area (Å²) in [7, 11) is -1.47. The maximum Gasteiger partial charge on any atom is 0.128 e. The summed E-state index contributed by atoms with van der Waals surface area (Å²) >= 11 is 0. The van der Waals surface area contributed by atoms with E-state index in [9.17, 15) is 8.60 Å². The summed E-state index contributed by atoms with van der Waals surface area (Å²) in [5, 5.41) is 18.0. The van der Waals surface area contributed by atoms with Gasteiger partial charge in [-0.3, -0.25) is 0 Å². The van der Waals surface area contributed by atoms with Crippen LogP contribution in [0.15, 0.2) is 23.1 Å². The molecule has 1 heterocycles. The molecule has 4 nitrogen and oxygen atoms in total. The van der Waals surface area contributed by atoms with Gasteiger partial charge in [-0.2, -0.15) is 5.26 Å². The molecule has 0 amide bonds. The van der Waals surface area contributed by atoms with Crippen LogP contribution in [0.1, 0.15) is 12.0 Å². The molecule has 1 N–H and O–H groups in total. The van der Waals surface area contributed by atoms with Crippen LogP contribution in [-0.4, -0.2) is 33.3 Å². The first-order valence-electron chi connectivity index (χ1n) is 5.63. The Morgan fingerprint density at radius 3 is 3.00 bits per heavy atom. The number of halogens is 1. The van der Waals surface area contributed by atoms with Gasteiger partial charge in [0.2, 0.25) is 0 Å². The molecule has 0 aliphatic carbocycles. The molecule has 1 aromatic carbocycles. The minimum Gasteiger partial charge on any atom is -0.396 e. The minimum absolute atomic E-state index is 0.0717. The average molecular weight is 268 g/mol. The zero-order valence-corrected chi connectivity index (χ0v) is 10.5. The fourth-order valence-electron chi connectivity index (χ4n) is 1.98. The van der Waals surface area contributed by atoms with Crippen LogP contribution in [0.4, 0.5) is 4.39 Å². The van der Waals surface area contributed by atoms with Crippen LogP contribution in [0.2, 0.25) is 0 Å². The molecule has 0 aromatic heterocycles. The molecule has 0 spiro atoms. The Morgan fingerprint density at radius 1 is 1.61 bits per heavy atom. The number of aliphatic hydroxyl groups is 1. The normalized spacial score (nSPS) is 21.7. The van der Waals surface area contributed by atoms with Crippen molar-refractivity contribution in [3.63, 3.8) is 0 Å². The van der Waals surface area contributed by atoms with Gasteiger partial charge in [0.25, 0.3) is 0 Å². The minimum atomic E-state index is -1.47. The second kappa shape index (κ2) is 5.57. The van der Waals surface area contributed by atoms with Gasteiger partial charge in [-0.25, -0.2) is 12.9 Å². The van der Waals surface area contributed by atoms with Crippen molar-refractivity contribution >= 4 is 11.0 Å². The standard InChI is InChI=1S/C12H13FN2O2S/c13-11-1-2-12(10(5-11)6-14)18(17)15-4-3-9(7-15)8-16/h1-2,5,9,16H,3-4,7-8H2. The number of nitriles is 1. The van der Waals surface area contributed by atoms with Gasteiger partial charge >= 0.3 is 0 Å². The molecule has 0 bridgehead atoms. The molecule has 1 saturated heterocycles. The summed E-state index contributed by atoms with van der Waals surface area (Å²) in [4.78, 5) is 0.331. The number of hydrogen-bond donors (Lipinski definition) is 1. The average Bonchev–Trinajstić information content (AvgIpc) is 2.86. The van der Waals surface area contributed by atoms with Crippen LogP contribution >= 0.6 is 0 Å². The van der Waals surface area contributed by atoms with Gasteiger partial charge in [-0.1, -0.05) is 0 Å². The van der Waals surface area contributed by atoms with E-state index in [2.05, 4.69) is 0 Å². The molecule has 18 heavy (non-hydrogen) atoms. The van der Waals surface area contributed by atoms with Crippen molar-refractivity contribution in [1.82, 2.24) is 4.31 Å². The van der Waals surface area contributed by atoms with E-state index in [1.54, 1.807) is 4.31 Å². The van der Waals surface area contributed by atoms with Crippen LogP contribution in [0.3, 0.4) is 0 Å². The predicted molar refractivity (Wildman–Crippen MR) is 64.3 cm³/mol. The number of nitrogens with zero attached hydrogens (tertiary/aromatic N) is 2. The Kier molecular flexibility index (Phi) is 4.07. The number of hydrogen-bond acceptors (Lipinski definition) is 3. The van der Waals surface area contributed by atoms with Gasteiger partial charge in [0, 0.05) is 19.7 Å². The summed E-state index contributed by atoms with van der Waals surface area (Å²) in [6, 6.07) is 5.53. The molecular formula is C12H13FN2O2S. The summed E-state index contributed by atoms with van der Waals surface area (Å²) in [6.45, 7) is 1.22. The lowest BCUT2D eigenvalue weighted by atomic mass is 10.1. The summed E-state index contributed by atoms with van der Waals surface area (Å²) in [5.74, 6) is -0.387. The maximum atomic E-state index is 13.0. The van der Waals surface area contributed by atoms with E-state index in [0.29, 0.717) is 18.0 Å². The molecule has 0 radical (unpaired) electrons. The Balaban J connectivity index is 2.22. The van der Waals surface area contributed by atoms with Crippen LogP contribution < -0.4 is 0 Å². The lowest BCUT2D eigenvalue weighted by molar-refractivity contribution is 0.233. The Labute approximate surface area is 107 Å². The van der Waals surface area contributed by atoms with Crippen molar-refractivity contribution in [2.45, 2.75) is 11.3 Å². The molecule has 2 atom stereocenters. The zero-order valence-electron chi connectivity index (χ0n) is 9.67. The Hall–Kier alpha value is -1.29. The number of benzene rings is 1. The molecule has 1 aromatic rings. The van der Waals surface area contributed by atoms with Crippen molar-refractivity contribution in [2.24, 2.45) is 5.92 Å². The maximum absolute atomic E-state index is 13.0. The molecule has 1 aliphatic rings. The molecular weight excluding hydrogens is 255 g/mol. The smallest absolute Gasteiger partial charge is 0.128 e. The van der Waals surface area contributed by atoms with Gasteiger partial charge < -0.3 is 5.11 Å². The quantitative estimate of drug-likeness (QED) is 0.890. The summed E-state index contributed by atoms with van der Waals surface area (Å²) in [6.07, 6.45) is 0.783. The summed E-state index contributed by atoms with van der Waals surface area (Å²) in [5.41, 5.74) is 0.0979. The number of rotatable bonds is 3. The van der Waals surface area contributed by atoms with E-state index < -0.39 is 16.8 Å². The summed E-state index contributed by atoms with van der Waals surface area (Å²) < 4.78 is 27.0. The fraction of sp³-hybridized carbons (Fsp3) is 0.417. The third-order valence-electron chi connectivity index (χ3n) is 2.99. The van der Waals surface area contributed by atoms with Gasteiger partial charge in [-0.15, -0.1) is 0 Å². The monoisotopic (exact) mass is 268 g/mol. The largest absolute Gasteiger partial charge is 0.396 e. The van der Waals surface area contributed by atoms with E-state index in [1.165, 1.54) is 12.1 Å². The van der Waals surface area contributed by atoms with Crippen LogP contribution in [0, 0.1) is 23.1 Å². The molecule has 1 aliphatic heterocycles. The first-order chi connectivity index (χ1) is 8.65. The molecule has 6 heteroatoms. The lowest BCUT2D eigenvalue weighted by Crippen LogP contribution is -2.24. The third kappa shape index (κ3) is 2.58. The SMILES string of the molecule is N#Cc1cc(F)ccc1S(=O)N1CCC(CO)C1. The molecule has 0 saturated carbocycles. The molecule has 2 rings (SSSR count). The first kappa shape index (κ1) is 13.1. The highest BCUT2D eigenvalue weighted by Crippen LogP contribution is 2.23. The van der Waals surface area contributed by atoms with Crippen LogP contribution in [0.25, 0.3) is 0 Å². The van der Waals surface area contributed by atoms with E-state index in [0.717, 1.165) is 12.5 Å². The van der Waals surface area contributed by atoms with Crippen molar-refractivity contribution in [3.05, 3.63) is 29.6 Å². The predicted octanol–water partition coefficient (Wildman–Crippen LogP) is 1.03. The lowest BCUT2D eigenvalue weighted by Gasteiger charge is -2.15.